The molecule has 0 radical (unpaired) electrons. The van der Waals surface area contributed by atoms with Crippen LogP contribution in [0.2, 0.25) is 0 Å². The molecule has 2 rings (SSSR count). The highest BCUT2D eigenvalue weighted by atomic mass is 16.4. The summed E-state index contributed by atoms with van der Waals surface area (Å²) in [4.78, 5) is 34.6. The van der Waals surface area contributed by atoms with Crippen LogP contribution < -0.4 is 10.6 Å². The Morgan fingerprint density at radius 2 is 1.52 bits per heavy atom. The van der Waals surface area contributed by atoms with Crippen LogP contribution in [0.1, 0.15) is 22.3 Å². The van der Waals surface area contributed by atoms with Crippen LogP contribution in [0.3, 0.4) is 0 Å². The maximum absolute atomic E-state index is 11.8. The molecular weight excluding hydrogens is 296 g/mol. The zero-order chi connectivity index (χ0) is 16.7. The minimum Gasteiger partial charge on any atom is -0.478 e. The van der Waals surface area contributed by atoms with Crippen molar-refractivity contribution in [2.24, 2.45) is 0 Å². The summed E-state index contributed by atoms with van der Waals surface area (Å²) in [6.45, 7) is 0.332. The Morgan fingerprint density at radius 3 is 2.22 bits per heavy atom. The largest absolute Gasteiger partial charge is 0.478 e. The third-order valence-corrected chi connectivity index (χ3v) is 3.09. The molecule has 0 unspecified atom stereocenters. The molecule has 0 aliphatic rings. The number of rotatable bonds is 6. The number of carboxylic acid groups (broad SMARTS) is 1. The number of carboxylic acids is 1. The molecule has 0 aliphatic carbocycles. The summed E-state index contributed by atoms with van der Waals surface area (Å²) in [5, 5.41) is 14.1. The van der Waals surface area contributed by atoms with Gasteiger partial charge in [-0.25, -0.2) is 4.79 Å². The van der Waals surface area contributed by atoms with Gasteiger partial charge in [-0.05, 0) is 17.7 Å². The first kappa shape index (κ1) is 16.2. The molecule has 6 nitrogen and oxygen atoms in total. The molecule has 6 heteroatoms. The van der Waals surface area contributed by atoms with E-state index in [0.717, 1.165) is 5.56 Å². The average molecular weight is 312 g/mol. The van der Waals surface area contributed by atoms with E-state index < -0.39 is 17.8 Å². The Labute approximate surface area is 133 Å². The average Bonchev–Trinajstić information content (AvgIpc) is 2.54. The lowest BCUT2D eigenvalue weighted by molar-refractivity contribution is -0.126. The van der Waals surface area contributed by atoms with Crippen LogP contribution >= 0.6 is 0 Å². The van der Waals surface area contributed by atoms with Gasteiger partial charge in [0.1, 0.15) is 6.42 Å². The molecule has 0 saturated heterocycles. The van der Waals surface area contributed by atoms with Crippen molar-refractivity contribution in [2.75, 3.05) is 5.32 Å². The van der Waals surface area contributed by atoms with Crippen LogP contribution in [0.4, 0.5) is 5.69 Å². The number of carbonyl (C=O) groups excluding carboxylic acids is 2. The maximum atomic E-state index is 11.8. The molecule has 0 fully saturated rings. The Hall–Kier alpha value is -3.15. The number of carbonyl (C=O) groups is 3. The highest BCUT2D eigenvalue weighted by molar-refractivity contribution is 6.06. The minimum absolute atomic E-state index is 0.0226. The van der Waals surface area contributed by atoms with Crippen molar-refractivity contribution >= 4 is 23.5 Å². The van der Waals surface area contributed by atoms with Crippen molar-refractivity contribution < 1.29 is 19.5 Å². The topological polar surface area (TPSA) is 95.5 Å². The summed E-state index contributed by atoms with van der Waals surface area (Å²) in [5.41, 5.74) is 1.07. The summed E-state index contributed by atoms with van der Waals surface area (Å²) in [7, 11) is 0. The van der Waals surface area contributed by atoms with Crippen molar-refractivity contribution in [3.63, 3.8) is 0 Å². The Kier molecular flexibility index (Phi) is 5.46. The van der Waals surface area contributed by atoms with Gasteiger partial charge in [0.2, 0.25) is 11.8 Å². The molecule has 23 heavy (non-hydrogen) atoms. The fourth-order valence-corrected chi connectivity index (χ4v) is 1.98. The summed E-state index contributed by atoms with van der Waals surface area (Å²) in [5.74, 6) is -2.14. The van der Waals surface area contributed by atoms with Gasteiger partial charge in [-0.1, -0.05) is 42.5 Å². The number of anilines is 1. The normalized spacial score (nSPS) is 9.91. The summed E-state index contributed by atoms with van der Waals surface area (Å²) in [6, 6.07) is 15.3. The standard InChI is InChI=1S/C17H16N2O4/c20-15(18-11-12-6-2-1-3-7-12)10-16(21)19-14-9-5-4-8-13(14)17(22)23/h1-9H,10-11H2,(H,18,20)(H,19,21)(H,22,23). The summed E-state index contributed by atoms with van der Waals surface area (Å²) < 4.78 is 0. The van der Waals surface area contributed by atoms with Crippen molar-refractivity contribution in [3.8, 4) is 0 Å². The van der Waals surface area contributed by atoms with E-state index in [1.54, 1.807) is 12.1 Å². The van der Waals surface area contributed by atoms with E-state index in [9.17, 15) is 14.4 Å². The van der Waals surface area contributed by atoms with E-state index in [2.05, 4.69) is 10.6 Å². The van der Waals surface area contributed by atoms with Gasteiger partial charge in [0.25, 0.3) is 0 Å². The second kappa shape index (κ2) is 7.74. The Morgan fingerprint density at radius 1 is 0.870 bits per heavy atom. The molecule has 2 aromatic rings. The van der Waals surface area contributed by atoms with Crippen LogP contribution in [0.15, 0.2) is 54.6 Å². The maximum Gasteiger partial charge on any atom is 0.337 e. The van der Waals surface area contributed by atoms with Gasteiger partial charge in [0.05, 0.1) is 11.3 Å². The molecule has 0 heterocycles. The van der Waals surface area contributed by atoms with Gasteiger partial charge in [-0.3, -0.25) is 9.59 Å². The first-order valence-electron chi connectivity index (χ1n) is 6.99. The Balaban J connectivity index is 1.87. The van der Waals surface area contributed by atoms with Crippen molar-refractivity contribution in [3.05, 3.63) is 65.7 Å². The lowest BCUT2D eigenvalue weighted by atomic mass is 10.1. The molecule has 0 atom stereocenters. The highest BCUT2D eigenvalue weighted by Crippen LogP contribution is 2.15. The zero-order valence-electron chi connectivity index (χ0n) is 12.3. The minimum atomic E-state index is -1.14. The third-order valence-electron chi connectivity index (χ3n) is 3.09. The van der Waals surface area contributed by atoms with E-state index in [1.807, 2.05) is 30.3 Å². The molecule has 2 amide bonds. The van der Waals surface area contributed by atoms with Crippen LogP contribution in [0, 0.1) is 0 Å². The van der Waals surface area contributed by atoms with Gasteiger partial charge < -0.3 is 15.7 Å². The summed E-state index contributed by atoms with van der Waals surface area (Å²) in [6.07, 6.45) is -0.374. The van der Waals surface area contributed by atoms with Gasteiger partial charge in [-0.15, -0.1) is 0 Å². The smallest absolute Gasteiger partial charge is 0.337 e. The van der Waals surface area contributed by atoms with Crippen molar-refractivity contribution in [1.82, 2.24) is 5.32 Å². The lowest BCUT2D eigenvalue weighted by Gasteiger charge is -2.09. The fourth-order valence-electron chi connectivity index (χ4n) is 1.98. The zero-order valence-corrected chi connectivity index (χ0v) is 12.3. The quantitative estimate of drug-likeness (QED) is 0.711. The van der Waals surface area contributed by atoms with E-state index >= 15 is 0 Å². The predicted octanol–water partition coefficient (Wildman–Crippen LogP) is 2.03. The number of aromatic carboxylic acids is 1. The van der Waals surface area contributed by atoms with Crippen molar-refractivity contribution in [2.45, 2.75) is 13.0 Å². The molecule has 0 aromatic heterocycles. The SMILES string of the molecule is O=C(CC(=O)Nc1ccccc1C(=O)O)NCc1ccccc1. The van der Waals surface area contributed by atoms with Gasteiger partial charge in [0, 0.05) is 6.54 Å². The Bertz CT molecular complexity index is 714. The number of nitrogens with one attached hydrogen (secondary N) is 2. The molecule has 0 aliphatic heterocycles. The molecule has 118 valence electrons. The van der Waals surface area contributed by atoms with E-state index in [4.69, 9.17) is 5.11 Å². The lowest BCUT2D eigenvalue weighted by Crippen LogP contribution is -2.28. The van der Waals surface area contributed by atoms with Crippen LogP contribution in [-0.2, 0) is 16.1 Å². The van der Waals surface area contributed by atoms with E-state index in [0.29, 0.717) is 6.54 Å². The van der Waals surface area contributed by atoms with E-state index in [1.165, 1.54) is 12.1 Å². The molecule has 0 spiro atoms. The second-order valence-corrected chi connectivity index (χ2v) is 4.84. The number of para-hydroxylation sites is 1. The molecule has 2 aromatic carbocycles. The van der Waals surface area contributed by atoms with Crippen LogP contribution in [0.5, 0.6) is 0 Å². The van der Waals surface area contributed by atoms with E-state index in [-0.39, 0.29) is 17.7 Å². The first-order valence-corrected chi connectivity index (χ1v) is 6.99. The number of hydrogen-bond acceptors (Lipinski definition) is 3. The first-order chi connectivity index (χ1) is 11.1. The number of amides is 2. The monoisotopic (exact) mass is 312 g/mol. The summed E-state index contributed by atoms with van der Waals surface area (Å²) >= 11 is 0. The number of hydrogen-bond donors (Lipinski definition) is 3. The fraction of sp³-hybridized carbons (Fsp3) is 0.118. The van der Waals surface area contributed by atoms with Crippen LogP contribution in [0.25, 0.3) is 0 Å². The van der Waals surface area contributed by atoms with Gasteiger partial charge in [0.15, 0.2) is 0 Å². The molecule has 3 N–H and O–H groups in total. The second-order valence-electron chi connectivity index (χ2n) is 4.84. The van der Waals surface area contributed by atoms with Crippen LogP contribution in [-0.4, -0.2) is 22.9 Å². The van der Waals surface area contributed by atoms with Gasteiger partial charge >= 0.3 is 5.97 Å². The number of benzene rings is 2. The molecular formula is C17H16N2O4. The van der Waals surface area contributed by atoms with Crippen molar-refractivity contribution in [1.29, 1.82) is 0 Å². The third kappa shape index (κ3) is 4.96. The highest BCUT2D eigenvalue weighted by Gasteiger charge is 2.14. The molecule has 0 bridgehead atoms. The predicted molar refractivity (Wildman–Crippen MR) is 84.9 cm³/mol. The molecule has 0 saturated carbocycles. The van der Waals surface area contributed by atoms with Gasteiger partial charge in [-0.2, -0.15) is 0 Å².